The van der Waals surface area contributed by atoms with Crippen LogP contribution in [-0.4, -0.2) is 68.5 Å². The van der Waals surface area contributed by atoms with E-state index in [4.69, 9.17) is 0 Å². The molecule has 2 atom stereocenters. The zero-order valence-corrected chi connectivity index (χ0v) is 18.5. The van der Waals surface area contributed by atoms with E-state index in [2.05, 4.69) is 25.8 Å². The zero-order chi connectivity index (χ0) is 21.9. The number of rotatable bonds is 3. The molecule has 6 nitrogen and oxygen atoms in total. The summed E-state index contributed by atoms with van der Waals surface area (Å²) in [6.07, 6.45) is 1.31. The van der Waals surface area contributed by atoms with Gasteiger partial charge in [0, 0.05) is 38.4 Å². The minimum Gasteiger partial charge on any atom is -0.391 e. The van der Waals surface area contributed by atoms with E-state index in [1.165, 1.54) is 10.5 Å². The van der Waals surface area contributed by atoms with E-state index >= 15 is 0 Å². The lowest BCUT2D eigenvalue weighted by atomic mass is 10.1. The molecule has 2 aliphatic carbocycles. The van der Waals surface area contributed by atoms with Gasteiger partial charge in [-0.25, -0.2) is 4.98 Å². The molecule has 3 fully saturated rings. The number of aliphatic hydroxyl groups is 1. The molecule has 1 aliphatic heterocycles. The van der Waals surface area contributed by atoms with Crippen molar-refractivity contribution in [3.8, 4) is 0 Å². The van der Waals surface area contributed by atoms with Crippen molar-refractivity contribution in [3.63, 3.8) is 0 Å². The summed E-state index contributed by atoms with van der Waals surface area (Å²) in [6, 6.07) is 1.31. The average Bonchev–Trinajstić information content (AvgIpc) is 3.42. The van der Waals surface area contributed by atoms with E-state index in [0.717, 1.165) is 32.1 Å². The van der Waals surface area contributed by atoms with Crippen LogP contribution in [0, 0.1) is 0 Å². The lowest BCUT2D eigenvalue weighted by Gasteiger charge is -2.38. The van der Waals surface area contributed by atoms with Gasteiger partial charge in [-0.15, -0.1) is 0 Å². The van der Waals surface area contributed by atoms with Gasteiger partial charge in [-0.1, -0.05) is 0 Å². The molecule has 1 N–H and O–H groups in total. The van der Waals surface area contributed by atoms with E-state index in [0.29, 0.717) is 31.7 Å². The zero-order valence-electron chi connectivity index (χ0n) is 16.9. The van der Waals surface area contributed by atoms with Crippen molar-refractivity contribution in [2.24, 2.45) is 0 Å². The van der Waals surface area contributed by atoms with E-state index in [1.54, 1.807) is 11.1 Å². The number of alkyl halides is 3. The third-order valence-electron chi connectivity index (χ3n) is 6.75. The molecular weight excluding hydrogens is 477 g/mol. The largest absolute Gasteiger partial charge is 0.419 e. The maximum absolute atomic E-state index is 13.7. The van der Waals surface area contributed by atoms with Gasteiger partial charge < -0.3 is 10.0 Å². The lowest BCUT2D eigenvalue weighted by Crippen LogP contribution is -2.53. The van der Waals surface area contributed by atoms with Crippen LogP contribution in [0.4, 0.5) is 13.2 Å². The Morgan fingerprint density at radius 2 is 1.84 bits per heavy atom. The lowest BCUT2D eigenvalue weighted by molar-refractivity contribution is -0.136. The number of nitrogens with zero attached hydrogens (tertiary/aromatic N) is 4. The summed E-state index contributed by atoms with van der Waals surface area (Å²) in [5.41, 5.74) is -0.426. The Hall–Kier alpha value is -1.65. The number of imidazole rings is 1. The van der Waals surface area contributed by atoms with Crippen LogP contribution >= 0.6 is 15.9 Å². The number of pyridine rings is 1. The highest BCUT2D eigenvalue weighted by Gasteiger charge is 2.39. The van der Waals surface area contributed by atoms with Gasteiger partial charge in [-0.05, 0) is 65.6 Å². The molecular formula is C21H24BrF3N4O2. The maximum Gasteiger partial charge on any atom is 0.419 e. The van der Waals surface area contributed by atoms with E-state index < -0.39 is 11.7 Å². The maximum atomic E-state index is 13.7. The first-order valence-corrected chi connectivity index (χ1v) is 11.5. The molecule has 5 rings (SSSR count). The van der Waals surface area contributed by atoms with Crippen molar-refractivity contribution in [1.29, 1.82) is 0 Å². The van der Waals surface area contributed by atoms with Crippen LogP contribution in [-0.2, 0) is 6.18 Å². The Bertz CT molecular complexity index is 1010. The normalized spacial score (nSPS) is 25.5. The number of hydrogen-bond donors (Lipinski definition) is 1. The van der Waals surface area contributed by atoms with Crippen LogP contribution in [0.25, 0.3) is 5.65 Å². The second kappa shape index (κ2) is 7.74. The topological polar surface area (TPSA) is 61.1 Å². The summed E-state index contributed by atoms with van der Waals surface area (Å²) < 4.78 is 42.7. The average molecular weight is 501 g/mol. The fourth-order valence-electron chi connectivity index (χ4n) is 4.88. The number of carbonyl (C=O) groups is 1. The van der Waals surface area contributed by atoms with Gasteiger partial charge in [-0.3, -0.25) is 14.1 Å². The van der Waals surface area contributed by atoms with Crippen LogP contribution in [0.1, 0.15) is 59.6 Å². The van der Waals surface area contributed by atoms with E-state index in [9.17, 15) is 23.1 Å². The van der Waals surface area contributed by atoms with Crippen molar-refractivity contribution >= 4 is 27.5 Å². The van der Waals surface area contributed by atoms with Crippen molar-refractivity contribution in [3.05, 3.63) is 33.7 Å². The Balaban J connectivity index is 1.41. The molecule has 0 aromatic carbocycles. The molecule has 0 radical (unpaired) electrons. The molecule has 2 aromatic heterocycles. The molecule has 0 spiro atoms. The van der Waals surface area contributed by atoms with Crippen molar-refractivity contribution < 1.29 is 23.1 Å². The molecule has 168 valence electrons. The molecule has 1 saturated heterocycles. The monoisotopic (exact) mass is 500 g/mol. The Morgan fingerprint density at radius 1 is 1.13 bits per heavy atom. The van der Waals surface area contributed by atoms with Crippen LogP contribution in [0.3, 0.4) is 0 Å². The molecule has 10 heteroatoms. The summed E-state index contributed by atoms with van der Waals surface area (Å²) in [4.78, 5) is 21.1. The van der Waals surface area contributed by atoms with E-state index in [-0.39, 0.29) is 39.9 Å². The number of aromatic nitrogens is 2. The number of aliphatic hydroxyl groups excluding tert-OH is 1. The van der Waals surface area contributed by atoms with Gasteiger partial charge >= 0.3 is 6.18 Å². The summed E-state index contributed by atoms with van der Waals surface area (Å²) in [5, 5.41) is 10.1. The number of carbonyl (C=O) groups excluding carboxylic acids is 1. The van der Waals surface area contributed by atoms with Gasteiger partial charge in [0.15, 0.2) is 11.3 Å². The first kappa shape index (κ1) is 21.2. The summed E-state index contributed by atoms with van der Waals surface area (Å²) >= 11 is 3.34. The summed E-state index contributed by atoms with van der Waals surface area (Å²) in [6.45, 7) is 2.19. The molecule has 2 saturated carbocycles. The summed E-state index contributed by atoms with van der Waals surface area (Å²) in [5.74, 6) is -0.235. The highest BCUT2D eigenvalue weighted by molar-refractivity contribution is 9.10. The Labute approximate surface area is 186 Å². The molecule has 3 heterocycles. The highest BCUT2D eigenvalue weighted by Crippen LogP contribution is 2.43. The highest BCUT2D eigenvalue weighted by atomic mass is 79.9. The SMILES string of the molecule is O=C(c1nc2c(C(F)(F)F)cc(C3CC3)cn2c1Br)N1CCN([C@@H]2CCC[C@H]2O)CC1. The Morgan fingerprint density at radius 3 is 2.42 bits per heavy atom. The van der Waals surface area contributed by atoms with Crippen LogP contribution in [0.5, 0.6) is 0 Å². The molecule has 0 unspecified atom stereocenters. The standard InChI is InChI=1S/C21H24BrF3N4O2/c22-18-17(20(31)28-8-6-27(7-9-28)15-2-1-3-16(15)30)26-19-14(21(23,24)25)10-13(11-29(18)19)12-4-5-12/h10-12,15-16,30H,1-9H2/t15-,16-/m1/s1. The van der Waals surface area contributed by atoms with Gasteiger partial charge in [0.2, 0.25) is 0 Å². The molecule has 31 heavy (non-hydrogen) atoms. The smallest absolute Gasteiger partial charge is 0.391 e. The first-order valence-electron chi connectivity index (χ1n) is 10.7. The second-order valence-corrected chi connectivity index (χ2v) is 9.55. The van der Waals surface area contributed by atoms with Crippen LogP contribution in [0.2, 0.25) is 0 Å². The van der Waals surface area contributed by atoms with E-state index in [1.807, 2.05) is 0 Å². The summed E-state index contributed by atoms with van der Waals surface area (Å²) in [7, 11) is 0. The third kappa shape index (κ3) is 3.87. The second-order valence-electron chi connectivity index (χ2n) is 8.80. The molecule has 2 aromatic rings. The predicted octanol–water partition coefficient (Wildman–Crippen LogP) is 3.66. The molecule has 3 aliphatic rings. The fourth-order valence-corrected chi connectivity index (χ4v) is 5.40. The fraction of sp³-hybridized carbons (Fsp3) is 0.619. The predicted molar refractivity (Wildman–Crippen MR) is 111 cm³/mol. The number of halogens is 4. The number of hydrogen-bond acceptors (Lipinski definition) is 4. The van der Waals surface area contributed by atoms with Crippen molar-refractivity contribution in [1.82, 2.24) is 19.2 Å². The van der Waals surface area contributed by atoms with Crippen molar-refractivity contribution in [2.45, 2.75) is 56.3 Å². The number of piperazine rings is 1. The molecule has 1 amide bonds. The van der Waals surface area contributed by atoms with Crippen LogP contribution in [0.15, 0.2) is 16.9 Å². The quantitative estimate of drug-likeness (QED) is 0.698. The van der Waals surface area contributed by atoms with Gasteiger partial charge in [0.05, 0.1) is 11.7 Å². The van der Waals surface area contributed by atoms with Gasteiger partial charge in [0.25, 0.3) is 5.91 Å². The number of amides is 1. The minimum atomic E-state index is -4.55. The number of fused-ring (bicyclic) bond motifs is 1. The Kier molecular flexibility index (Phi) is 5.29. The first-order chi connectivity index (χ1) is 14.7. The van der Waals surface area contributed by atoms with Gasteiger partial charge in [0.1, 0.15) is 4.60 Å². The van der Waals surface area contributed by atoms with Crippen LogP contribution < -0.4 is 0 Å². The van der Waals surface area contributed by atoms with Gasteiger partial charge in [-0.2, -0.15) is 13.2 Å². The minimum absolute atomic E-state index is 0.00722. The third-order valence-corrected chi connectivity index (χ3v) is 7.51. The molecule has 0 bridgehead atoms. The van der Waals surface area contributed by atoms with Crippen molar-refractivity contribution in [2.75, 3.05) is 26.2 Å².